The van der Waals surface area contributed by atoms with Gasteiger partial charge in [0, 0.05) is 5.56 Å². The summed E-state index contributed by atoms with van der Waals surface area (Å²) in [4.78, 5) is 13.0. The lowest BCUT2D eigenvalue weighted by Gasteiger charge is -2.13. The van der Waals surface area contributed by atoms with Crippen LogP contribution in [0.2, 0.25) is 0 Å². The Morgan fingerprint density at radius 3 is 2.44 bits per heavy atom. The molecule has 9 heteroatoms. The first-order valence-corrected chi connectivity index (χ1v) is 7.23. The maximum atomic E-state index is 12.9. The van der Waals surface area contributed by atoms with Crippen molar-refractivity contribution in [3.63, 3.8) is 0 Å². The van der Waals surface area contributed by atoms with E-state index in [0.29, 0.717) is 5.82 Å². The van der Waals surface area contributed by atoms with Gasteiger partial charge < -0.3 is 5.32 Å². The highest BCUT2D eigenvalue weighted by atomic mass is 19.4. The number of rotatable bonds is 4. The molecule has 128 valence electrons. The number of hydrogen-bond acceptors (Lipinski definition) is 4. The number of nitrogens with one attached hydrogen (secondary N) is 1. The van der Waals surface area contributed by atoms with Crippen molar-refractivity contribution in [2.24, 2.45) is 0 Å². The van der Waals surface area contributed by atoms with E-state index in [1.807, 2.05) is 6.07 Å². The minimum absolute atomic E-state index is 0.316. The van der Waals surface area contributed by atoms with Crippen LogP contribution >= 0.6 is 0 Å². The molecule has 0 aliphatic heterocycles. The van der Waals surface area contributed by atoms with Gasteiger partial charge in [0.05, 0.1) is 11.3 Å². The van der Waals surface area contributed by atoms with Crippen LogP contribution in [0.4, 0.5) is 18.9 Å². The first-order valence-electron chi connectivity index (χ1n) is 7.23. The van der Waals surface area contributed by atoms with E-state index in [1.54, 1.807) is 24.3 Å². The number of carbonyl (C=O) groups is 1. The fraction of sp³-hybridized carbons (Fsp3) is 0.125. The Balaban J connectivity index is 1.71. The zero-order valence-corrected chi connectivity index (χ0v) is 12.7. The van der Waals surface area contributed by atoms with Gasteiger partial charge >= 0.3 is 6.18 Å². The Morgan fingerprint density at radius 1 is 1.04 bits per heavy atom. The first kappa shape index (κ1) is 16.6. The summed E-state index contributed by atoms with van der Waals surface area (Å²) in [5.41, 5.74) is -0.514. The summed E-state index contributed by atoms with van der Waals surface area (Å²) in [6.45, 7) is -0.355. The van der Waals surface area contributed by atoms with Gasteiger partial charge in [-0.3, -0.25) is 4.79 Å². The Bertz CT molecular complexity index is 877. The van der Waals surface area contributed by atoms with Crippen LogP contribution in [-0.2, 0) is 17.5 Å². The molecule has 1 heterocycles. The predicted molar refractivity (Wildman–Crippen MR) is 83.3 cm³/mol. The van der Waals surface area contributed by atoms with Crippen molar-refractivity contribution < 1.29 is 18.0 Å². The zero-order valence-electron chi connectivity index (χ0n) is 12.7. The van der Waals surface area contributed by atoms with E-state index in [2.05, 4.69) is 20.7 Å². The summed E-state index contributed by atoms with van der Waals surface area (Å²) >= 11 is 0. The van der Waals surface area contributed by atoms with Crippen molar-refractivity contribution in [3.8, 4) is 11.4 Å². The third-order valence-corrected chi connectivity index (χ3v) is 3.28. The Morgan fingerprint density at radius 2 is 1.72 bits per heavy atom. The summed E-state index contributed by atoms with van der Waals surface area (Å²) in [5.74, 6) is -0.363. The van der Waals surface area contributed by atoms with Gasteiger partial charge in [0.2, 0.25) is 11.7 Å². The molecule has 0 unspecified atom stereocenters. The first-order chi connectivity index (χ1) is 11.9. The Kier molecular flexibility index (Phi) is 4.46. The highest BCUT2D eigenvalue weighted by Crippen LogP contribution is 2.34. The van der Waals surface area contributed by atoms with E-state index in [1.165, 1.54) is 18.2 Å². The number of tetrazole rings is 1. The number of amides is 1. The van der Waals surface area contributed by atoms with Gasteiger partial charge in [-0.25, -0.2) is 0 Å². The molecule has 0 spiro atoms. The molecule has 6 nitrogen and oxygen atoms in total. The van der Waals surface area contributed by atoms with Crippen LogP contribution in [0.25, 0.3) is 11.4 Å². The molecule has 1 aromatic heterocycles. The van der Waals surface area contributed by atoms with Crippen LogP contribution in [0.15, 0.2) is 54.6 Å². The van der Waals surface area contributed by atoms with E-state index in [9.17, 15) is 18.0 Å². The minimum atomic E-state index is -4.56. The van der Waals surface area contributed by atoms with Gasteiger partial charge in [-0.1, -0.05) is 42.5 Å². The Hall–Kier alpha value is -3.23. The molecule has 0 radical (unpaired) electrons. The lowest BCUT2D eigenvalue weighted by Crippen LogP contribution is -2.22. The van der Waals surface area contributed by atoms with E-state index in [-0.39, 0.29) is 12.2 Å². The van der Waals surface area contributed by atoms with Gasteiger partial charge in [0.1, 0.15) is 6.54 Å². The molecular formula is C16H12F3N5O. The number of aromatic nitrogens is 4. The van der Waals surface area contributed by atoms with Crippen LogP contribution < -0.4 is 5.32 Å². The van der Waals surface area contributed by atoms with Gasteiger partial charge in [-0.15, -0.1) is 10.2 Å². The van der Waals surface area contributed by atoms with E-state index >= 15 is 0 Å². The third-order valence-electron chi connectivity index (χ3n) is 3.28. The van der Waals surface area contributed by atoms with Crippen molar-refractivity contribution >= 4 is 11.6 Å². The average Bonchev–Trinajstić information content (AvgIpc) is 3.03. The normalized spacial score (nSPS) is 11.3. The third kappa shape index (κ3) is 4.00. The minimum Gasteiger partial charge on any atom is -0.324 e. The van der Waals surface area contributed by atoms with E-state index < -0.39 is 17.6 Å². The summed E-state index contributed by atoms with van der Waals surface area (Å²) in [7, 11) is 0. The molecule has 3 aromatic rings. The highest BCUT2D eigenvalue weighted by Gasteiger charge is 2.33. The van der Waals surface area contributed by atoms with Crippen molar-refractivity contribution in [1.29, 1.82) is 0 Å². The van der Waals surface area contributed by atoms with Crippen LogP contribution in [0.1, 0.15) is 5.56 Å². The van der Waals surface area contributed by atoms with Crippen LogP contribution in [0, 0.1) is 0 Å². The standard InChI is InChI=1S/C16H12F3N5O/c17-16(18,19)12-8-4-5-9-13(12)20-14(25)10-24-22-15(21-23-24)11-6-2-1-3-7-11/h1-9H,10H2,(H,20,25). The predicted octanol–water partition coefficient (Wildman–Crippen LogP) is 3.00. The largest absolute Gasteiger partial charge is 0.418 e. The van der Waals surface area contributed by atoms with Crippen molar-refractivity contribution in [3.05, 3.63) is 60.2 Å². The molecule has 3 rings (SSSR count). The summed E-state index contributed by atoms with van der Waals surface area (Å²) < 4.78 is 38.8. The number of halogens is 3. The average molecular weight is 347 g/mol. The monoisotopic (exact) mass is 347 g/mol. The number of carbonyl (C=O) groups excluding carboxylic acids is 1. The van der Waals surface area contributed by atoms with Crippen molar-refractivity contribution in [2.45, 2.75) is 12.7 Å². The molecular weight excluding hydrogens is 335 g/mol. The van der Waals surface area contributed by atoms with Crippen LogP contribution in [-0.4, -0.2) is 26.1 Å². The summed E-state index contributed by atoms with van der Waals surface area (Å²) in [6.07, 6.45) is -4.56. The maximum Gasteiger partial charge on any atom is 0.418 e. The summed E-state index contributed by atoms with van der Waals surface area (Å²) in [6, 6.07) is 13.7. The lowest BCUT2D eigenvalue weighted by molar-refractivity contribution is -0.137. The lowest BCUT2D eigenvalue weighted by atomic mass is 10.1. The van der Waals surface area contributed by atoms with E-state index in [0.717, 1.165) is 16.4 Å². The van der Waals surface area contributed by atoms with Gasteiger partial charge in [0.15, 0.2) is 0 Å². The number of alkyl halides is 3. The molecule has 0 saturated heterocycles. The second kappa shape index (κ2) is 6.71. The number of para-hydroxylation sites is 1. The highest BCUT2D eigenvalue weighted by molar-refractivity contribution is 5.91. The van der Waals surface area contributed by atoms with Crippen LogP contribution in [0.3, 0.4) is 0 Å². The van der Waals surface area contributed by atoms with Crippen molar-refractivity contribution in [1.82, 2.24) is 20.2 Å². The molecule has 1 amide bonds. The molecule has 0 fully saturated rings. The second-order valence-electron chi connectivity index (χ2n) is 5.10. The molecule has 0 aliphatic rings. The molecule has 0 saturated carbocycles. The zero-order chi connectivity index (χ0) is 17.9. The SMILES string of the molecule is O=C(Cn1nnc(-c2ccccc2)n1)Nc1ccccc1C(F)(F)F. The molecule has 0 aliphatic carbocycles. The molecule has 0 bridgehead atoms. The number of benzene rings is 2. The van der Waals surface area contributed by atoms with Gasteiger partial charge in [-0.2, -0.15) is 18.0 Å². The van der Waals surface area contributed by atoms with Crippen molar-refractivity contribution in [2.75, 3.05) is 5.32 Å². The van der Waals surface area contributed by atoms with Gasteiger partial charge in [-0.05, 0) is 17.3 Å². The maximum absolute atomic E-state index is 12.9. The fourth-order valence-corrected chi connectivity index (χ4v) is 2.17. The number of nitrogens with zero attached hydrogens (tertiary/aromatic N) is 4. The molecule has 0 atom stereocenters. The molecule has 2 aromatic carbocycles. The second-order valence-corrected chi connectivity index (χ2v) is 5.10. The topological polar surface area (TPSA) is 72.7 Å². The number of anilines is 1. The smallest absolute Gasteiger partial charge is 0.324 e. The molecule has 1 N–H and O–H groups in total. The van der Waals surface area contributed by atoms with Crippen LogP contribution in [0.5, 0.6) is 0 Å². The Labute approximate surface area is 140 Å². The van der Waals surface area contributed by atoms with E-state index in [4.69, 9.17) is 0 Å². The summed E-state index contributed by atoms with van der Waals surface area (Å²) in [5, 5.41) is 13.8. The molecule has 25 heavy (non-hydrogen) atoms. The quantitative estimate of drug-likeness (QED) is 0.787. The van der Waals surface area contributed by atoms with Gasteiger partial charge in [0.25, 0.3) is 0 Å². The number of hydrogen-bond donors (Lipinski definition) is 1. The fourth-order valence-electron chi connectivity index (χ4n) is 2.17.